The minimum Gasteiger partial charge on any atom is -0.465 e. The van der Waals surface area contributed by atoms with Crippen LogP contribution in [0.1, 0.15) is 49.8 Å². The lowest BCUT2D eigenvalue weighted by Gasteiger charge is -2.41. The van der Waals surface area contributed by atoms with Crippen molar-refractivity contribution in [3.8, 4) is 0 Å². The summed E-state index contributed by atoms with van der Waals surface area (Å²) < 4.78 is 17.5. The van der Waals surface area contributed by atoms with Crippen molar-refractivity contribution in [3.63, 3.8) is 0 Å². The van der Waals surface area contributed by atoms with Gasteiger partial charge in [0.25, 0.3) is 0 Å². The van der Waals surface area contributed by atoms with Crippen LogP contribution in [-0.2, 0) is 25.4 Å². The smallest absolute Gasteiger partial charge is 0.317 e. The summed E-state index contributed by atoms with van der Waals surface area (Å²) in [6, 6.07) is 0. The molecule has 1 aromatic rings. The number of hydrogen-bond donors (Lipinski definition) is 2. The number of aromatic amines is 1. The molecule has 28 heavy (non-hydrogen) atoms. The lowest BCUT2D eigenvalue weighted by Crippen LogP contribution is -2.51. The second-order valence-electron chi connectivity index (χ2n) is 8.65. The van der Waals surface area contributed by atoms with Gasteiger partial charge in [0.15, 0.2) is 6.29 Å². The first-order chi connectivity index (χ1) is 13.7. The van der Waals surface area contributed by atoms with E-state index < -0.39 is 5.41 Å². The summed E-state index contributed by atoms with van der Waals surface area (Å²) in [6.07, 6.45) is 10.9. The number of ether oxygens (including phenoxy) is 3. The van der Waals surface area contributed by atoms with Crippen molar-refractivity contribution in [2.75, 3.05) is 26.3 Å². The maximum Gasteiger partial charge on any atom is 0.317 e. The summed E-state index contributed by atoms with van der Waals surface area (Å²) in [7, 11) is 0. The van der Waals surface area contributed by atoms with Crippen LogP contribution in [0.25, 0.3) is 6.08 Å². The number of rotatable bonds is 5. The third kappa shape index (κ3) is 3.40. The summed E-state index contributed by atoms with van der Waals surface area (Å²) >= 11 is 0. The topological polar surface area (TPSA) is 85.5 Å². The Bertz CT molecular complexity index is 749. The summed E-state index contributed by atoms with van der Waals surface area (Å²) in [5.74, 6) is 0.295. The molecule has 2 saturated heterocycles. The van der Waals surface area contributed by atoms with Gasteiger partial charge in [0.1, 0.15) is 5.41 Å². The van der Waals surface area contributed by atoms with Gasteiger partial charge in [0.2, 0.25) is 0 Å². The number of fused-ring (bicyclic) bond motifs is 2. The maximum atomic E-state index is 13.1. The van der Waals surface area contributed by atoms with E-state index in [1.807, 2.05) is 6.20 Å². The fourth-order valence-corrected chi connectivity index (χ4v) is 4.91. The van der Waals surface area contributed by atoms with Gasteiger partial charge in [0, 0.05) is 13.2 Å². The van der Waals surface area contributed by atoms with Gasteiger partial charge in [-0.25, -0.2) is 0 Å². The van der Waals surface area contributed by atoms with Gasteiger partial charge in [0.05, 0.1) is 24.6 Å². The first-order valence-electron chi connectivity index (χ1n) is 10.6. The van der Waals surface area contributed by atoms with Crippen molar-refractivity contribution in [2.24, 2.45) is 11.3 Å². The van der Waals surface area contributed by atoms with Crippen LogP contribution in [0.5, 0.6) is 0 Å². The number of carbonyl (C=O) groups is 1. The Labute approximate surface area is 165 Å². The van der Waals surface area contributed by atoms with Crippen LogP contribution in [-0.4, -0.2) is 54.9 Å². The molecule has 3 heterocycles. The molecule has 2 N–H and O–H groups in total. The lowest BCUT2D eigenvalue weighted by atomic mass is 9.69. The molecule has 0 aromatic carbocycles. The highest BCUT2D eigenvalue weighted by Crippen LogP contribution is 2.42. The predicted octanol–water partition coefficient (Wildman–Crippen LogP) is 2.19. The zero-order valence-electron chi connectivity index (χ0n) is 16.2. The van der Waals surface area contributed by atoms with E-state index in [0.29, 0.717) is 25.5 Å². The Morgan fingerprint density at radius 2 is 2.29 bits per heavy atom. The summed E-state index contributed by atoms with van der Waals surface area (Å²) in [6.45, 7) is 2.83. The van der Waals surface area contributed by atoms with Crippen LogP contribution in [0.4, 0.5) is 0 Å². The van der Waals surface area contributed by atoms with Gasteiger partial charge in [-0.15, -0.1) is 0 Å². The average Bonchev–Trinajstić information content (AvgIpc) is 3.15. The van der Waals surface area contributed by atoms with Crippen molar-refractivity contribution < 1.29 is 19.0 Å². The van der Waals surface area contributed by atoms with Crippen LogP contribution >= 0.6 is 0 Å². The standard InChI is InChI=1S/C21H29N3O4/c25-20(27-12-14-7-17(8-14)28-19-3-1-2-6-26-19)21-10-15-11-23-24-18(15)9-16(21)4-5-22-13-21/h9,11,14,17,19,22H,1-8,10,12-13H2,(H,23,24). The molecule has 2 aliphatic heterocycles. The fourth-order valence-electron chi connectivity index (χ4n) is 4.91. The molecule has 5 rings (SSSR count). The first kappa shape index (κ1) is 18.3. The molecule has 1 saturated carbocycles. The highest BCUT2D eigenvalue weighted by Gasteiger charge is 2.48. The lowest BCUT2D eigenvalue weighted by molar-refractivity contribution is -0.213. The molecule has 0 spiro atoms. The molecule has 3 fully saturated rings. The van der Waals surface area contributed by atoms with Gasteiger partial charge in [-0.05, 0) is 74.6 Å². The molecule has 0 radical (unpaired) electrons. The summed E-state index contributed by atoms with van der Waals surface area (Å²) in [5.41, 5.74) is 2.71. The summed E-state index contributed by atoms with van der Waals surface area (Å²) in [5, 5.41) is 10.6. The highest BCUT2D eigenvalue weighted by atomic mass is 16.7. The van der Waals surface area contributed by atoms with E-state index in [0.717, 1.165) is 62.1 Å². The number of aromatic nitrogens is 2. The van der Waals surface area contributed by atoms with E-state index in [9.17, 15) is 4.79 Å². The van der Waals surface area contributed by atoms with E-state index in [1.165, 1.54) is 6.42 Å². The highest BCUT2D eigenvalue weighted by molar-refractivity contribution is 5.85. The normalized spacial score (nSPS) is 34.6. The molecule has 7 nitrogen and oxygen atoms in total. The van der Waals surface area contributed by atoms with E-state index in [-0.39, 0.29) is 18.4 Å². The first-order valence-corrected chi connectivity index (χ1v) is 10.6. The van der Waals surface area contributed by atoms with Crippen molar-refractivity contribution in [1.82, 2.24) is 15.5 Å². The zero-order chi connectivity index (χ0) is 19.0. The van der Waals surface area contributed by atoms with E-state index in [2.05, 4.69) is 21.6 Å². The van der Waals surface area contributed by atoms with Crippen LogP contribution in [0.15, 0.2) is 11.8 Å². The minimum atomic E-state index is -0.579. The quantitative estimate of drug-likeness (QED) is 0.754. The van der Waals surface area contributed by atoms with Crippen LogP contribution in [0, 0.1) is 11.3 Å². The van der Waals surface area contributed by atoms with Crippen molar-refractivity contribution >= 4 is 12.0 Å². The summed E-state index contributed by atoms with van der Waals surface area (Å²) in [4.78, 5) is 13.1. The van der Waals surface area contributed by atoms with Crippen molar-refractivity contribution in [3.05, 3.63) is 23.0 Å². The SMILES string of the molecule is O=C(OCC1CC(OC2CCCCO2)C1)C12CNCCC1=Cc1[nH]ncc1C2. The number of carbonyl (C=O) groups excluding carboxylic acids is 1. The molecule has 2 unspecified atom stereocenters. The van der Waals surface area contributed by atoms with Gasteiger partial charge >= 0.3 is 5.97 Å². The van der Waals surface area contributed by atoms with E-state index >= 15 is 0 Å². The Morgan fingerprint density at radius 1 is 1.36 bits per heavy atom. The molecular weight excluding hydrogens is 358 g/mol. The monoisotopic (exact) mass is 387 g/mol. The Morgan fingerprint density at radius 3 is 3.14 bits per heavy atom. The number of nitrogens with one attached hydrogen (secondary N) is 2. The average molecular weight is 387 g/mol. The van der Waals surface area contributed by atoms with Gasteiger partial charge in [-0.1, -0.05) is 0 Å². The van der Waals surface area contributed by atoms with E-state index in [1.54, 1.807) is 0 Å². The third-order valence-electron chi connectivity index (χ3n) is 6.69. The second-order valence-corrected chi connectivity index (χ2v) is 8.65. The largest absolute Gasteiger partial charge is 0.465 e. The Balaban J connectivity index is 1.15. The van der Waals surface area contributed by atoms with Crippen LogP contribution in [0.3, 0.4) is 0 Å². The number of esters is 1. The molecule has 1 aromatic heterocycles. The molecule has 152 valence electrons. The second kappa shape index (κ2) is 7.61. The van der Waals surface area contributed by atoms with Crippen LogP contribution < -0.4 is 5.32 Å². The van der Waals surface area contributed by atoms with Gasteiger partial charge in [-0.2, -0.15) is 5.10 Å². The van der Waals surface area contributed by atoms with E-state index in [4.69, 9.17) is 14.2 Å². The Kier molecular flexibility index (Phi) is 4.99. The molecule has 4 aliphatic rings. The Hall–Kier alpha value is -1.70. The maximum absolute atomic E-state index is 13.1. The number of nitrogens with zero attached hydrogens (tertiary/aromatic N) is 1. The minimum absolute atomic E-state index is 0.0338. The van der Waals surface area contributed by atoms with Crippen LogP contribution in [0.2, 0.25) is 0 Å². The van der Waals surface area contributed by atoms with Crippen molar-refractivity contribution in [2.45, 2.75) is 57.3 Å². The van der Waals surface area contributed by atoms with Gasteiger partial charge in [-0.3, -0.25) is 9.89 Å². The number of hydrogen-bond acceptors (Lipinski definition) is 6. The molecule has 0 amide bonds. The molecule has 0 bridgehead atoms. The molecule has 7 heteroatoms. The molecule has 2 aliphatic carbocycles. The number of H-pyrrole nitrogens is 1. The number of piperidine rings is 1. The predicted molar refractivity (Wildman–Crippen MR) is 102 cm³/mol. The fraction of sp³-hybridized carbons (Fsp3) is 0.714. The molecule has 2 atom stereocenters. The third-order valence-corrected chi connectivity index (χ3v) is 6.69. The van der Waals surface area contributed by atoms with Gasteiger partial charge < -0.3 is 19.5 Å². The van der Waals surface area contributed by atoms with Crippen molar-refractivity contribution in [1.29, 1.82) is 0 Å². The zero-order valence-corrected chi connectivity index (χ0v) is 16.2. The molecular formula is C21H29N3O4.